The molecule has 106 valence electrons. The summed E-state index contributed by atoms with van der Waals surface area (Å²) in [5, 5.41) is 0. The minimum absolute atomic E-state index is 0.774. The van der Waals surface area contributed by atoms with Gasteiger partial charge in [-0.3, -0.25) is 0 Å². The summed E-state index contributed by atoms with van der Waals surface area (Å²) < 4.78 is 5.48. The molecule has 2 aromatic carbocycles. The first-order valence-electron chi connectivity index (χ1n) is 7.19. The van der Waals surface area contributed by atoms with Crippen molar-refractivity contribution in [1.82, 2.24) is 4.90 Å². The fourth-order valence-electron chi connectivity index (χ4n) is 2.69. The molecule has 0 spiro atoms. The third kappa shape index (κ3) is 2.45. The highest BCUT2D eigenvalue weighted by Gasteiger charge is 2.22. The number of para-hydroxylation sites is 1. The van der Waals surface area contributed by atoms with E-state index in [1.165, 1.54) is 15.4 Å². The van der Waals surface area contributed by atoms with E-state index in [1.54, 1.807) is 11.8 Å². The second-order valence-electron chi connectivity index (χ2n) is 5.10. The Morgan fingerprint density at radius 3 is 2.48 bits per heavy atom. The van der Waals surface area contributed by atoms with Crippen LogP contribution >= 0.6 is 11.8 Å². The van der Waals surface area contributed by atoms with Crippen molar-refractivity contribution in [3.05, 3.63) is 54.1 Å². The van der Waals surface area contributed by atoms with Crippen molar-refractivity contribution >= 4 is 23.3 Å². The normalized spacial score (nSPS) is 17.5. The molecule has 0 aliphatic carbocycles. The zero-order valence-corrected chi connectivity index (χ0v) is 12.5. The molecule has 1 fully saturated rings. The van der Waals surface area contributed by atoms with Gasteiger partial charge in [0, 0.05) is 28.4 Å². The maximum atomic E-state index is 5.48. The van der Waals surface area contributed by atoms with Gasteiger partial charge in [-0.1, -0.05) is 42.1 Å². The molecule has 0 saturated carbocycles. The average Bonchev–Trinajstić information content (AvgIpc) is 2.72. The summed E-state index contributed by atoms with van der Waals surface area (Å²) in [5.41, 5.74) is 2.28. The summed E-state index contributed by atoms with van der Waals surface area (Å²) in [4.78, 5) is 9.80. The summed E-state index contributed by atoms with van der Waals surface area (Å²) in [6.45, 7) is 3.35. The third-order valence-electron chi connectivity index (χ3n) is 3.75. The molecule has 2 aliphatic heterocycles. The molecule has 1 saturated heterocycles. The molecule has 2 aromatic rings. The van der Waals surface area contributed by atoms with Crippen molar-refractivity contribution in [1.29, 1.82) is 0 Å². The van der Waals surface area contributed by atoms with Gasteiger partial charge in [-0.15, -0.1) is 0 Å². The molecular weight excluding hydrogens is 280 g/mol. The number of hydrogen-bond donors (Lipinski definition) is 0. The first-order valence-corrected chi connectivity index (χ1v) is 8.01. The second kappa shape index (κ2) is 5.54. The van der Waals surface area contributed by atoms with Gasteiger partial charge in [-0.25, -0.2) is 4.99 Å². The van der Waals surface area contributed by atoms with Gasteiger partial charge < -0.3 is 9.64 Å². The third-order valence-corrected chi connectivity index (χ3v) is 4.89. The maximum absolute atomic E-state index is 5.48. The highest BCUT2D eigenvalue weighted by atomic mass is 32.2. The van der Waals surface area contributed by atoms with E-state index in [-0.39, 0.29) is 0 Å². The van der Waals surface area contributed by atoms with Crippen LogP contribution in [0.5, 0.6) is 0 Å². The van der Waals surface area contributed by atoms with E-state index >= 15 is 0 Å². The average molecular weight is 296 g/mol. The highest BCUT2D eigenvalue weighted by Crippen LogP contribution is 2.40. The van der Waals surface area contributed by atoms with Crippen LogP contribution < -0.4 is 0 Å². The molecule has 3 nitrogen and oxygen atoms in total. The SMILES string of the molecule is c1ccc2c(c1)N=C(N1CCOCC1)c1ccccc1S2. The van der Waals surface area contributed by atoms with E-state index in [0.717, 1.165) is 37.8 Å². The van der Waals surface area contributed by atoms with E-state index in [1.807, 2.05) is 0 Å². The first kappa shape index (κ1) is 12.9. The monoisotopic (exact) mass is 296 g/mol. The Labute approximate surface area is 128 Å². The van der Waals surface area contributed by atoms with E-state index in [2.05, 4.69) is 53.4 Å². The van der Waals surface area contributed by atoms with Crippen LogP contribution in [0.4, 0.5) is 5.69 Å². The van der Waals surface area contributed by atoms with Crippen LogP contribution in [0.15, 0.2) is 63.3 Å². The lowest BCUT2D eigenvalue weighted by atomic mass is 10.1. The molecule has 0 bridgehead atoms. The summed E-state index contributed by atoms with van der Waals surface area (Å²) in [7, 11) is 0. The van der Waals surface area contributed by atoms with Crippen molar-refractivity contribution in [2.24, 2.45) is 4.99 Å². The first-order chi connectivity index (χ1) is 10.4. The van der Waals surface area contributed by atoms with Crippen LogP contribution in [0.25, 0.3) is 0 Å². The number of amidine groups is 1. The van der Waals surface area contributed by atoms with Gasteiger partial charge in [0.1, 0.15) is 5.84 Å². The summed E-state index contributed by atoms with van der Waals surface area (Å²) in [5.74, 6) is 1.08. The lowest BCUT2D eigenvalue weighted by Crippen LogP contribution is -2.41. The van der Waals surface area contributed by atoms with E-state index in [0.29, 0.717) is 0 Å². The van der Waals surface area contributed by atoms with Crippen LogP contribution in [0.2, 0.25) is 0 Å². The summed E-state index contributed by atoms with van der Waals surface area (Å²) in [6, 6.07) is 16.9. The number of fused-ring (bicyclic) bond motifs is 2. The van der Waals surface area contributed by atoms with E-state index in [9.17, 15) is 0 Å². The number of hydrogen-bond acceptors (Lipinski definition) is 4. The van der Waals surface area contributed by atoms with Gasteiger partial charge in [-0.2, -0.15) is 0 Å². The quantitative estimate of drug-likeness (QED) is 0.743. The molecule has 2 heterocycles. The molecule has 21 heavy (non-hydrogen) atoms. The smallest absolute Gasteiger partial charge is 0.137 e. The molecule has 0 unspecified atom stereocenters. The summed E-state index contributed by atoms with van der Waals surface area (Å²) >= 11 is 1.80. The van der Waals surface area contributed by atoms with Gasteiger partial charge in [0.25, 0.3) is 0 Å². The molecule has 4 rings (SSSR count). The second-order valence-corrected chi connectivity index (χ2v) is 6.18. The van der Waals surface area contributed by atoms with Gasteiger partial charge in [0.15, 0.2) is 0 Å². The Hall–Kier alpha value is -1.78. The lowest BCUT2D eigenvalue weighted by molar-refractivity contribution is 0.0682. The zero-order chi connectivity index (χ0) is 14.1. The number of nitrogens with zero attached hydrogens (tertiary/aromatic N) is 2. The number of aliphatic imine (C=N–C) groups is 1. The zero-order valence-electron chi connectivity index (χ0n) is 11.7. The minimum Gasteiger partial charge on any atom is -0.378 e. The number of rotatable bonds is 0. The molecule has 0 aromatic heterocycles. The number of benzene rings is 2. The lowest BCUT2D eigenvalue weighted by Gasteiger charge is -2.30. The van der Waals surface area contributed by atoms with Gasteiger partial charge >= 0.3 is 0 Å². The Balaban J connectivity index is 1.87. The van der Waals surface area contributed by atoms with E-state index < -0.39 is 0 Å². The fraction of sp³-hybridized carbons (Fsp3) is 0.235. The maximum Gasteiger partial charge on any atom is 0.137 e. The van der Waals surface area contributed by atoms with Crippen LogP contribution in [0.1, 0.15) is 5.56 Å². The van der Waals surface area contributed by atoms with Gasteiger partial charge in [0.2, 0.25) is 0 Å². The Morgan fingerprint density at radius 2 is 1.62 bits per heavy atom. The largest absolute Gasteiger partial charge is 0.378 e. The van der Waals surface area contributed by atoms with Gasteiger partial charge in [0.05, 0.1) is 18.9 Å². The molecule has 2 aliphatic rings. The highest BCUT2D eigenvalue weighted by molar-refractivity contribution is 7.99. The standard InChI is InChI=1S/C17H16N2OS/c1-3-7-15-13(5-1)17(19-9-11-20-12-10-19)18-14-6-2-4-8-16(14)21-15/h1-8H,9-12H2. The minimum atomic E-state index is 0.774. The van der Waals surface area contributed by atoms with Crippen LogP contribution in [0, 0.1) is 0 Å². The van der Waals surface area contributed by atoms with Crippen LogP contribution in [-0.2, 0) is 4.74 Å². The van der Waals surface area contributed by atoms with Crippen molar-refractivity contribution in [2.75, 3.05) is 26.3 Å². The summed E-state index contributed by atoms with van der Waals surface area (Å²) in [6.07, 6.45) is 0. The van der Waals surface area contributed by atoms with Crippen LogP contribution in [0.3, 0.4) is 0 Å². The topological polar surface area (TPSA) is 24.8 Å². The van der Waals surface area contributed by atoms with E-state index in [4.69, 9.17) is 9.73 Å². The number of morpholine rings is 1. The Morgan fingerprint density at radius 1 is 0.905 bits per heavy atom. The Bertz CT molecular complexity index is 693. The predicted molar refractivity (Wildman–Crippen MR) is 85.6 cm³/mol. The van der Waals surface area contributed by atoms with Gasteiger partial charge in [-0.05, 0) is 18.2 Å². The molecule has 0 N–H and O–H groups in total. The molecule has 0 atom stereocenters. The van der Waals surface area contributed by atoms with Crippen molar-refractivity contribution in [3.63, 3.8) is 0 Å². The predicted octanol–water partition coefficient (Wildman–Crippen LogP) is 3.56. The molecule has 4 heteroatoms. The fourth-order valence-corrected chi connectivity index (χ4v) is 3.70. The molecule has 0 radical (unpaired) electrons. The Kier molecular flexibility index (Phi) is 3.41. The van der Waals surface area contributed by atoms with Crippen LogP contribution in [-0.4, -0.2) is 37.0 Å². The number of ether oxygens (including phenoxy) is 1. The van der Waals surface area contributed by atoms with Crippen molar-refractivity contribution in [3.8, 4) is 0 Å². The molecular formula is C17H16N2OS. The van der Waals surface area contributed by atoms with Crippen molar-refractivity contribution in [2.45, 2.75) is 9.79 Å². The van der Waals surface area contributed by atoms with Crippen molar-refractivity contribution < 1.29 is 4.74 Å². The molecule has 0 amide bonds.